The number of benzene rings is 2. The number of nitrogens with one attached hydrogen (secondary N) is 2. The lowest BCUT2D eigenvalue weighted by atomic mass is 10.2. The van der Waals surface area contributed by atoms with Crippen molar-refractivity contribution < 1.29 is 17.9 Å². The number of rotatable bonds is 6. The molecule has 0 fully saturated rings. The van der Waals surface area contributed by atoms with Gasteiger partial charge in [-0.05, 0) is 75.4 Å². The van der Waals surface area contributed by atoms with Gasteiger partial charge in [-0.3, -0.25) is 5.32 Å². The van der Waals surface area contributed by atoms with E-state index in [1.807, 2.05) is 0 Å². The van der Waals surface area contributed by atoms with Crippen LogP contribution in [-0.2, 0) is 14.8 Å². The van der Waals surface area contributed by atoms with Gasteiger partial charge in [-0.15, -0.1) is 4.40 Å². The van der Waals surface area contributed by atoms with Crippen LogP contribution in [0.2, 0.25) is 0 Å². The number of carbonyl (C=O) groups is 1. The van der Waals surface area contributed by atoms with Crippen molar-refractivity contribution in [2.75, 3.05) is 17.2 Å². The van der Waals surface area contributed by atoms with Crippen LogP contribution in [0.15, 0.2) is 68.4 Å². The predicted octanol–water partition coefficient (Wildman–Crippen LogP) is 4.30. The molecule has 0 bridgehead atoms. The lowest BCUT2D eigenvalue weighted by Crippen LogP contribution is -2.25. The number of halogens is 1. The maximum absolute atomic E-state index is 12.9. The molecule has 0 unspecified atom stereocenters. The van der Waals surface area contributed by atoms with Crippen molar-refractivity contribution in [1.29, 1.82) is 0 Å². The maximum atomic E-state index is 12.9. The smallest absolute Gasteiger partial charge is 0.338 e. The van der Waals surface area contributed by atoms with E-state index in [0.717, 1.165) is 4.47 Å². The van der Waals surface area contributed by atoms with E-state index in [-0.39, 0.29) is 23.4 Å². The summed E-state index contributed by atoms with van der Waals surface area (Å²) in [5.41, 5.74) is 2.27. The van der Waals surface area contributed by atoms with E-state index in [1.54, 1.807) is 63.2 Å². The molecule has 9 nitrogen and oxygen atoms in total. The van der Waals surface area contributed by atoms with Crippen molar-refractivity contribution >= 4 is 49.5 Å². The van der Waals surface area contributed by atoms with Gasteiger partial charge in [-0.25, -0.2) is 14.8 Å². The molecule has 3 rings (SSSR count). The molecule has 172 valence electrons. The van der Waals surface area contributed by atoms with Gasteiger partial charge < -0.3 is 10.1 Å². The number of hydrogen-bond donors (Lipinski definition) is 2. The number of ether oxygens (including phenoxy) is 1. The average Bonchev–Trinajstić information content (AvgIpc) is 2.73. The summed E-state index contributed by atoms with van der Waals surface area (Å²) in [6.07, 6.45) is 0. The van der Waals surface area contributed by atoms with Gasteiger partial charge in [0.2, 0.25) is 11.9 Å². The van der Waals surface area contributed by atoms with Gasteiger partial charge in [0.25, 0.3) is 10.0 Å². The standard InChI is InChI=1S/C22H22BrN5O4S/c1-4-32-20(29)16-5-9-18(10-6-16)26-22(27-21-24-14(2)13-15(3)25-21)28-33(30,31)19-11-7-17(23)8-12-19/h5-13H,4H2,1-3H3,(H2,24,25,26,27,28). The molecule has 0 aliphatic rings. The third-order valence-electron chi connectivity index (χ3n) is 4.19. The Morgan fingerprint density at radius 1 is 1.00 bits per heavy atom. The summed E-state index contributed by atoms with van der Waals surface area (Å²) < 4.78 is 35.4. The molecule has 0 spiro atoms. The number of guanidine groups is 1. The lowest BCUT2D eigenvalue weighted by Gasteiger charge is -2.13. The van der Waals surface area contributed by atoms with Crippen molar-refractivity contribution in [2.45, 2.75) is 25.7 Å². The highest BCUT2D eigenvalue weighted by molar-refractivity contribution is 9.10. The van der Waals surface area contributed by atoms with E-state index in [2.05, 4.69) is 40.9 Å². The molecule has 0 saturated carbocycles. The van der Waals surface area contributed by atoms with Crippen LogP contribution in [0.4, 0.5) is 11.6 Å². The Hall–Kier alpha value is -3.31. The zero-order chi connectivity index (χ0) is 24.0. The Morgan fingerprint density at radius 3 is 2.18 bits per heavy atom. The zero-order valence-corrected chi connectivity index (χ0v) is 20.6. The van der Waals surface area contributed by atoms with Crippen molar-refractivity contribution in [1.82, 2.24) is 9.97 Å². The number of nitrogens with zero attached hydrogens (tertiary/aromatic N) is 3. The van der Waals surface area contributed by atoms with Crippen molar-refractivity contribution in [3.05, 3.63) is 76.0 Å². The highest BCUT2D eigenvalue weighted by atomic mass is 79.9. The number of sulfonamides is 1. The number of carbonyl (C=O) groups excluding carboxylic acids is 1. The van der Waals surface area contributed by atoms with Gasteiger partial charge in [0.15, 0.2) is 0 Å². The number of aryl methyl sites for hydroxylation is 2. The Kier molecular flexibility index (Phi) is 7.77. The normalized spacial score (nSPS) is 11.7. The zero-order valence-electron chi connectivity index (χ0n) is 18.2. The fourth-order valence-electron chi connectivity index (χ4n) is 2.78. The fourth-order valence-corrected chi connectivity index (χ4v) is 3.97. The van der Waals surface area contributed by atoms with Crippen LogP contribution in [0.25, 0.3) is 0 Å². The van der Waals surface area contributed by atoms with Gasteiger partial charge in [0, 0.05) is 21.5 Å². The third-order valence-corrected chi connectivity index (χ3v) is 6.01. The largest absolute Gasteiger partial charge is 0.462 e. The quantitative estimate of drug-likeness (QED) is 0.274. The Balaban J connectivity index is 1.95. The molecule has 11 heteroatoms. The summed E-state index contributed by atoms with van der Waals surface area (Å²) in [5, 5.41) is 5.76. The second-order valence-corrected chi connectivity index (χ2v) is 9.41. The van der Waals surface area contributed by atoms with Crippen molar-refractivity contribution in [2.24, 2.45) is 4.40 Å². The number of hydrogen-bond acceptors (Lipinski definition) is 6. The maximum Gasteiger partial charge on any atom is 0.338 e. The lowest BCUT2D eigenvalue weighted by molar-refractivity contribution is 0.0526. The summed E-state index contributed by atoms with van der Waals surface area (Å²) >= 11 is 3.29. The molecule has 3 aromatic rings. The number of esters is 1. The Labute approximate surface area is 200 Å². The second kappa shape index (κ2) is 10.5. The van der Waals surface area contributed by atoms with Gasteiger partial charge in [-0.1, -0.05) is 15.9 Å². The summed E-state index contributed by atoms with van der Waals surface area (Å²) in [5.74, 6) is -0.364. The highest BCUT2D eigenvalue weighted by Crippen LogP contribution is 2.18. The van der Waals surface area contributed by atoms with Gasteiger partial charge >= 0.3 is 5.97 Å². The van der Waals surface area contributed by atoms with Crippen LogP contribution in [0.1, 0.15) is 28.7 Å². The van der Waals surface area contributed by atoms with Crippen LogP contribution in [-0.4, -0.2) is 36.9 Å². The molecule has 0 radical (unpaired) electrons. The second-order valence-electron chi connectivity index (χ2n) is 6.89. The van der Waals surface area contributed by atoms with E-state index >= 15 is 0 Å². The molecular weight excluding hydrogens is 510 g/mol. The summed E-state index contributed by atoms with van der Waals surface area (Å²) in [4.78, 5) is 20.5. The SMILES string of the molecule is CCOC(=O)c1ccc(NC(=NS(=O)(=O)c2ccc(Br)cc2)Nc2nc(C)cc(C)n2)cc1. The molecule has 33 heavy (non-hydrogen) atoms. The van der Waals surface area contributed by atoms with Crippen molar-refractivity contribution in [3.63, 3.8) is 0 Å². The molecule has 0 aliphatic carbocycles. The van der Waals surface area contributed by atoms with Gasteiger partial charge in [0.1, 0.15) is 0 Å². The fraction of sp³-hybridized carbons (Fsp3) is 0.182. The number of anilines is 2. The molecule has 1 aromatic heterocycles. The Bertz CT molecular complexity index is 1260. The topological polar surface area (TPSA) is 123 Å². The molecule has 2 aromatic carbocycles. The van der Waals surface area contributed by atoms with Crippen LogP contribution in [0.5, 0.6) is 0 Å². The molecule has 0 amide bonds. The minimum Gasteiger partial charge on any atom is -0.462 e. The first-order chi connectivity index (χ1) is 15.7. The van der Waals surface area contributed by atoms with Crippen LogP contribution < -0.4 is 10.6 Å². The van der Waals surface area contributed by atoms with E-state index < -0.39 is 16.0 Å². The predicted molar refractivity (Wildman–Crippen MR) is 130 cm³/mol. The van der Waals surface area contributed by atoms with E-state index in [9.17, 15) is 13.2 Å². The van der Waals surface area contributed by atoms with Crippen LogP contribution >= 0.6 is 15.9 Å². The molecule has 1 heterocycles. The minimum absolute atomic E-state index is 0.0193. The van der Waals surface area contributed by atoms with Gasteiger partial charge in [0.05, 0.1) is 17.1 Å². The minimum atomic E-state index is -4.05. The average molecular weight is 532 g/mol. The monoisotopic (exact) mass is 531 g/mol. The van der Waals surface area contributed by atoms with Crippen molar-refractivity contribution in [3.8, 4) is 0 Å². The van der Waals surface area contributed by atoms with Crippen LogP contribution in [0, 0.1) is 13.8 Å². The molecule has 0 aliphatic heterocycles. The molecular formula is C22H22BrN5O4S. The highest BCUT2D eigenvalue weighted by Gasteiger charge is 2.16. The first kappa shape index (κ1) is 24.3. The Morgan fingerprint density at radius 2 is 1.61 bits per heavy atom. The van der Waals surface area contributed by atoms with E-state index in [0.29, 0.717) is 22.6 Å². The third kappa shape index (κ3) is 6.83. The molecule has 0 saturated heterocycles. The van der Waals surface area contributed by atoms with Gasteiger partial charge in [-0.2, -0.15) is 8.42 Å². The van der Waals surface area contributed by atoms with Crippen LogP contribution in [0.3, 0.4) is 0 Å². The molecule has 0 atom stereocenters. The van der Waals surface area contributed by atoms with E-state index in [4.69, 9.17) is 4.74 Å². The number of aromatic nitrogens is 2. The summed E-state index contributed by atoms with van der Waals surface area (Å²) in [6, 6.07) is 14.3. The summed E-state index contributed by atoms with van der Waals surface area (Å²) in [6.45, 7) is 5.60. The van der Waals surface area contributed by atoms with E-state index in [1.165, 1.54) is 12.1 Å². The molecule has 2 N–H and O–H groups in total. The first-order valence-electron chi connectivity index (χ1n) is 9.90. The first-order valence-corrected chi connectivity index (χ1v) is 12.1. The summed E-state index contributed by atoms with van der Waals surface area (Å²) in [7, 11) is -4.05.